The molecule has 0 aliphatic rings. The van der Waals surface area contributed by atoms with Crippen molar-refractivity contribution in [2.75, 3.05) is 17.9 Å². The van der Waals surface area contributed by atoms with Gasteiger partial charge in [-0.1, -0.05) is 77.1 Å². The summed E-state index contributed by atoms with van der Waals surface area (Å²) in [5.74, 6) is -1.10. The van der Waals surface area contributed by atoms with Crippen molar-refractivity contribution in [3.63, 3.8) is 0 Å². The third-order valence-electron chi connectivity index (χ3n) is 6.09. The topological polar surface area (TPSA) is 86.8 Å². The van der Waals surface area contributed by atoms with Gasteiger partial charge >= 0.3 is 0 Å². The lowest BCUT2D eigenvalue weighted by atomic mass is 10.1. The van der Waals surface area contributed by atoms with E-state index in [-0.39, 0.29) is 33.6 Å². The number of rotatable bonds is 10. The average molecular weight is 631 g/mol. The summed E-state index contributed by atoms with van der Waals surface area (Å²) < 4.78 is 28.7. The average Bonchev–Trinajstić information content (AvgIpc) is 2.90. The highest BCUT2D eigenvalue weighted by Gasteiger charge is 2.34. The van der Waals surface area contributed by atoms with E-state index >= 15 is 0 Å². The van der Waals surface area contributed by atoms with Crippen molar-refractivity contribution in [1.29, 1.82) is 0 Å². The lowest BCUT2D eigenvalue weighted by Crippen LogP contribution is -2.51. The first-order valence-corrected chi connectivity index (χ1v) is 14.8. The smallest absolute Gasteiger partial charge is 0.264 e. The zero-order chi connectivity index (χ0) is 28.9. The van der Waals surface area contributed by atoms with E-state index in [0.29, 0.717) is 15.6 Å². The number of sulfonamides is 1. The maximum Gasteiger partial charge on any atom is 0.264 e. The van der Waals surface area contributed by atoms with Crippen molar-refractivity contribution in [3.05, 3.63) is 91.9 Å². The first-order valence-electron chi connectivity index (χ1n) is 11.9. The molecule has 0 radical (unpaired) electrons. The van der Waals surface area contributed by atoms with Crippen LogP contribution in [0.3, 0.4) is 0 Å². The van der Waals surface area contributed by atoms with Crippen molar-refractivity contribution in [3.8, 4) is 0 Å². The molecule has 3 aromatic rings. The second kappa shape index (κ2) is 13.2. The molecule has 39 heavy (non-hydrogen) atoms. The van der Waals surface area contributed by atoms with E-state index in [2.05, 4.69) is 5.32 Å². The molecule has 0 spiro atoms. The predicted octanol–water partition coefficient (Wildman–Crippen LogP) is 6.36. The number of carbonyl (C=O) groups is 2. The fraction of sp³-hybridized carbons (Fsp3) is 0.259. The van der Waals surface area contributed by atoms with Crippen LogP contribution >= 0.6 is 46.4 Å². The van der Waals surface area contributed by atoms with Gasteiger partial charge in [0.1, 0.15) is 12.6 Å². The Hall–Kier alpha value is -2.49. The van der Waals surface area contributed by atoms with E-state index in [1.165, 1.54) is 42.3 Å². The summed E-state index contributed by atoms with van der Waals surface area (Å²) in [7, 11) is -2.84. The van der Waals surface area contributed by atoms with Gasteiger partial charge in [-0.2, -0.15) is 0 Å². The first kappa shape index (κ1) is 31.0. The molecule has 1 unspecified atom stereocenters. The van der Waals surface area contributed by atoms with Crippen LogP contribution in [0, 0.1) is 6.92 Å². The lowest BCUT2D eigenvalue weighted by Gasteiger charge is -2.33. The zero-order valence-corrected chi connectivity index (χ0v) is 25.3. The molecule has 2 amide bonds. The number of likely N-dealkylation sites (N-methyl/N-ethyl adjacent to an activating group) is 1. The maximum absolute atomic E-state index is 14.0. The van der Waals surface area contributed by atoms with Crippen molar-refractivity contribution in [2.24, 2.45) is 0 Å². The number of halogens is 4. The third kappa shape index (κ3) is 7.18. The van der Waals surface area contributed by atoms with Crippen LogP contribution < -0.4 is 9.62 Å². The van der Waals surface area contributed by atoms with Crippen LogP contribution in [0.25, 0.3) is 0 Å². The lowest BCUT2D eigenvalue weighted by molar-refractivity contribution is -0.140. The van der Waals surface area contributed by atoms with E-state index in [1.54, 1.807) is 37.3 Å². The summed E-state index contributed by atoms with van der Waals surface area (Å²) in [6.45, 7) is 2.76. The SMILES string of the molecule is CCC(C(=O)NC)N(Cc1c(Cl)cccc1Cl)C(=O)CN(c1cc(Cl)ccc1Cl)S(=O)(=O)c1ccc(C)cc1. The fourth-order valence-electron chi connectivity index (χ4n) is 3.97. The van der Waals surface area contributed by atoms with Gasteiger partial charge in [-0.05, 0) is 55.8 Å². The number of amides is 2. The highest BCUT2D eigenvalue weighted by molar-refractivity contribution is 7.92. The van der Waals surface area contributed by atoms with Gasteiger partial charge in [0.05, 0.1) is 15.6 Å². The number of carbonyl (C=O) groups excluding carboxylic acids is 2. The Morgan fingerprint density at radius 1 is 0.923 bits per heavy atom. The molecule has 0 bridgehead atoms. The second-order valence-corrected chi connectivity index (χ2v) is 12.2. The molecule has 12 heteroatoms. The molecule has 0 saturated carbocycles. The molecule has 1 N–H and O–H groups in total. The van der Waals surface area contributed by atoms with Crippen LogP contribution in [0.2, 0.25) is 20.1 Å². The monoisotopic (exact) mass is 629 g/mol. The normalized spacial score (nSPS) is 12.1. The first-order chi connectivity index (χ1) is 18.4. The quantitative estimate of drug-likeness (QED) is 0.283. The largest absolute Gasteiger partial charge is 0.357 e. The molecule has 0 aliphatic carbocycles. The Morgan fingerprint density at radius 2 is 1.54 bits per heavy atom. The molecule has 0 fully saturated rings. The molecular formula is C27H27Cl4N3O4S. The van der Waals surface area contributed by atoms with Crippen molar-refractivity contribution in [2.45, 2.75) is 37.8 Å². The van der Waals surface area contributed by atoms with Crippen molar-refractivity contribution in [1.82, 2.24) is 10.2 Å². The minimum absolute atomic E-state index is 0.0156. The summed E-state index contributed by atoms with van der Waals surface area (Å²) >= 11 is 25.4. The van der Waals surface area contributed by atoms with Crippen LogP contribution in [0.1, 0.15) is 24.5 Å². The van der Waals surface area contributed by atoms with E-state index in [9.17, 15) is 18.0 Å². The third-order valence-corrected chi connectivity index (χ3v) is 9.12. The van der Waals surface area contributed by atoms with E-state index in [4.69, 9.17) is 46.4 Å². The predicted molar refractivity (Wildman–Crippen MR) is 157 cm³/mol. The molecule has 3 aromatic carbocycles. The Balaban J connectivity index is 2.14. The van der Waals surface area contributed by atoms with E-state index in [0.717, 1.165) is 9.87 Å². The highest BCUT2D eigenvalue weighted by Crippen LogP contribution is 2.34. The minimum atomic E-state index is -4.30. The van der Waals surface area contributed by atoms with Crippen LogP contribution in [0.15, 0.2) is 65.6 Å². The van der Waals surface area contributed by atoms with Crippen LogP contribution in [-0.2, 0) is 26.2 Å². The fourth-order valence-corrected chi connectivity index (χ4v) is 6.35. The number of hydrogen-bond acceptors (Lipinski definition) is 4. The maximum atomic E-state index is 14.0. The van der Waals surface area contributed by atoms with E-state index < -0.39 is 34.4 Å². The molecule has 0 aliphatic heterocycles. The zero-order valence-electron chi connectivity index (χ0n) is 21.4. The Morgan fingerprint density at radius 3 is 2.10 bits per heavy atom. The molecule has 0 saturated heterocycles. The van der Waals surface area contributed by atoms with Crippen LogP contribution in [0.4, 0.5) is 5.69 Å². The van der Waals surface area contributed by atoms with Gasteiger partial charge in [-0.15, -0.1) is 0 Å². The van der Waals surface area contributed by atoms with Crippen LogP contribution in [-0.4, -0.2) is 44.8 Å². The molecule has 0 heterocycles. The molecule has 1 atom stereocenters. The minimum Gasteiger partial charge on any atom is -0.357 e. The molecular weight excluding hydrogens is 604 g/mol. The van der Waals surface area contributed by atoms with Gasteiger partial charge in [-0.3, -0.25) is 13.9 Å². The summed E-state index contributed by atoms with van der Waals surface area (Å²) in [5, 5.41) is 3.46. The van der Waals surface area contributed by atoms with E-state index in [1.807, 2.05) is 6.92 Å². The number of benzene rings is 3. The van der Waals surface area contributed by atoms with Gasteiger partial charge in [0.15, 0.2) is 0 Å². The summed E-state index contributed by atoms with van der Waals surface area (Å²) in [4.78, 5) is 28.0. The highest BCUT2D eigenvalue weighted by atomic mass is 35.5. The van der Waals surface area contributed by atoms with Crippen molar-refractivity contribution >= 4 is 73.9 Å². The number of nitrogens with zero attached hydrogens (tertiary/aromatic N) is 2. The molecule has 0 aromatic heterocycles. The Kier molecular flexibility index (Phi) is 10.5. The number of hydrogen-bond donors (Lipinski definition) is 1. The Labute approximate surface area is 248 Å². The number of anilines is 1. The van der Waals surface area contributed by atoms with Gasteiger partial charge in [0.25, 0.3) is 10.0 Å². The van der Waals surface area contributed by atoms with Crippen LogP contribution in [0.5, 0.6) is 0 Å². The summed E-state index contributed by atoms with van der Waals surface area (Å²) in [6, 6.07) is 14.5. The van der Waals surface area contributed by atoms with Gasteiger partial charge in [0.2, 0.25) is 11.8 Å². The van der Waals surface area contributed by atoms with Gasteiger partial charge < -0.3 is 10.2 Å². The molecule has 3 rings (SSSR count). The van der Waals surface area contributed by atoms with Crippen molar-refractivity contribution < 1.29 is 18.0 Å². The number of aryl methyl sites for hydroxylation is 1. The summed E-state index contributed by atoms with van der Waals surface area (Å²) in [6.07, 6.45) is 0.246. The standard InChI is InChI=1S/C27H27Cl4N3O4S/c1-4-24(27(36)32-3)33(15-20-21(29)6-5-7-22(20)30)26(35)16-34(25-14-18(28)10-13-23(25)31)39(37,38)19-11-8-17(2)9-12-19/h5-14,24H,4,15-16H2,1-3H3,(H,32,36). The summed E-state index contributed by atoms with van der Waals surface area (Å²) in [5.41, 5.74) is 1.29. The molecule has 208 valence electrons. The second-order valence-electron chi connectivity index (χ2n) is 8.68. The van der Waals surface area contributed by atoms with Gasteiger partial charge in [0, 0.05) is 34.2 Å². The number of nitrogens with one attached hydrogen (secondary N) is 1. The molecule has 7 nitrogen and oxygen atoms in total. The van der Waals surface area contributed by atoms with Gasteiger partial charge in [-0.25, -0.2) is 8.42 Å². The Bertz CT molecular complexity index is 1450.